The van der Waals surface area contributed by atoms with Gasteiger partial charge in [-0.15, -0.1) is 0 Å². The maximum absolute atomic E-state index is 12.2. The summed E-state index contributed by atoms with van der Waals surface area (Å²) in [5.74, 6) is 0.382. The highest BCUT2D eigenvalue weighted by atomic mass is 16.5. The smallest absolute Gasteiger partial charge is 0.307 e. The highest BCUT2D eigenvalue weighted by molar-refractivity contribution is 5.84. The first-order chi connectivity index (χ1) is 10.1. The first kappa shape index (κ1) is 15.3. The van der Waals surface area contributed by atoms with E-state index in [1.54, 1.807) is 12.0 Å². The van der Waals surface area contributed by atoms with E-state index in [9.17, 15) is 9.59 Å². The van der Waals surface area contributed by atoms with Gasteiger partial charge in [0.25, 0.3) is 0 Å². The number of carbonyl (C=O) groups excluding carboxylic acids is 2. The Labute approximate surface area is 124 Å². The van der Waals surface area contributed by atoms with Gasteiger partial charge in [-0.2, -0.15) is 0 Å². The second kappa shape index (κ2) is 6.58. The standard InChI is InChI=1S/C15H20N2O4/c1-10-15(19)17(8-7-13(18)21-3)14(16-10)11-5-4-6-12(9-11)20-2/h4-6,9-10,14,16H,7-8H2,1-3H3. The lowest BCUT2D eigenvalue weighted by Gasteiger charge is -2.24. The highest BCUT2D eigenvalue weighted by Gasteiger charge is 2.37. The number of hydrogen-bond donors (Lipinski definition) is 1. The summed E-state index contributed by atoms with van der Waals surface area (Å²) in [6.07, 6.45) is -0.0795. The van der Waals surface area contributed by atoms with Crippen LogP contribution in [0, 0.1) is 0 Å². The third-order valence-corrected chi connectivity index (χ3v) is 3.57. The monoisotopic (exact) mass is 292 g/mol. The molecule has 0 aliphatic carbocycles. The molecule has 1 saturated heterocycles. The molecule has 6 heteroatoms. The Balaban J connectivity index is 2.18. The van der Waals surface area contributed by atoms with Gasteiger partial charge < -0.3 is 14.4 Å². The predicted octanol–water partition coefficient (Wildman–Crippen LogP) is 1.08. The molecule has 1 N–H and O–H groups in total. The molecule has 1 amide bonds. The molecule has 6 nitrogen and oxygen atoms in total. The molecule has 1 aliphatic heterocycles. The zero-order valence-electron chi connectivity index (χ0n) is 12.5. The van der Waals surface area contributed by atoms with Crippen molar-refractivity contribution in [3.05, 3.63) is 29.8 Å². The molecular weight excluding hydrogens is 272 g/mol. The average Bonchev–Trinajstić information content (AvgIpc) is 2.80. The van der Waals surface area contributed by atoms with Gasteiger partial charge in [0.15, 0.2) is 0 Å². The van der Waals surface area contributed by atoms with E-state index in [1.807, 2.05) is 31.2 Å². The van der Waals surface area contributed by atoms with Crippen LogP contribution in [0.25, 0.3) is 0 Å². The zero-order chi connectivity index (χ0) is 15.4. The Hall–Kier alpha value is -2.08. The van der Waals surface area contributed by atoms with E-state index in [4.69, 9.17) is 4.74 Å². The fraction of sp³-hybridized carbons (Fsp3) is 0.467. The van der Waals surface area contributed by atoms with Crippen LogP contribution < -0.4 is 10.1 Å². The molecule has 1 heterocycles. The molecule has 21 heavy (non-hydrogen) atoms. The van der Waals surface area contributed by atoms with Gasteiger partial charge in [-0.05, 0) is 24.6 Å². The lowest BCUT2D eigenvalue weighted by Crippen LogP contribution is -2.32. The van der Waals surface area contributed by atoms with Gasteiger partial charge in [-0.3, -0.25) is 14.9 Å². The summed E-state index contributed by atoms with van der Waals surface area (Å²) in [7, 11) is 2.94. The van der Waals surface area contributed by atoms with E-state index in [2.05, 4.69) is 10.1 Å². The number of rotatable bonds is 5. The van der Waals surface area contributed by atoms with Crippen molar-refractivity contribution < 1.29 is 19.1 Å². The minimum atomic E-state index is -0.327. The summed E-state index contributed by atoms with van der Waals surface area (Å²) >= 11 is 0. The minimum absolute atomic E-state index is 0.0216. The van der Waals surface area contributed by atoms with E-state index in [0.717, 1.165) is 11.3 Å². The molecule has 0 spiro atoms. The Kier molecular flexibility index (Phi) is 4.80. The van der Waals surface area contributed by atoms with Gasteiger partial charge in [0.2, 0.25) is 5.91 Å². The molecule has 0 bridgehead atoms. The predicted molar refractivity (Wildman–Crippen MR) is 76.7 cm³/mol. The van der Waals surface area contributed by atoms with E-state index in [-0.39, 0.29) is 30.5 Å². The molecule has 1 aliphatic rings. The van der Waals surface area contributed by atoms with Crippen LogP contribution in [0.5, 0.6) is 5.75 Å². The lowest BCUT2D eigenvalue weighted by atomic mass is 10.1. The van der Waals surface area contributed by atoms with Crippen molar-refractivity contribution in [2.45, 2.75) is 25.6 Å². The Morgan fingerprint density at radius 3 is 2.81 bits per heavy atom. The van der Waals surface area contributed by atoms with Crippen LogP contribution in [0.15, 0.2) is 24.3 Å². The van der Waals surface area contributed by atoms with Gasteiger partial charge in [0.1, 0.15) is 11.9 Å². The van der Waals surface area contributed by atoms with Crippen LogP contribution in [-0.2, 0) is 14.3 Å². The van der Waals surface area contributed by atoms with E-state index in [0.29, 0.717) is 6.54 Å². The Bertz CT molecular complexity index is 532. The fourth-order valence-electron chi connectivity index (χ4n) is 2.41. The second-order valence-electron chi connectivity index (χ2n) is 4.93. The number of esters is 1. The lowest BCUT2D eigenvalue weighted by molar-refractivity contribution is -0.141. The molecule has 114 valence electrons. The summed E-state index contributed by atoms with van der Waals surface area (Å²) in [6.45, 7) is 2.14. The molecule has 0 saturated carbocycles. The number of hydrogen-bond acceptors (Lipinski definition) is 5. The third kappa shape index (κ3) is 3.33. The van der Waals surface area contributed by atoms with Gasteiger partial charge in [0.05, 0.1) is 26.7 Å². The molecule has 1 fully saturated rings. The second-order valence-corrected chi connectivity index (χ2v) is 4.93. The molecule has 2 atom stereocenters. The number of benzene rings is 1. The van der Waals surface area contributed by atoms with Crippen LogP contribution >= 0.6 is 0 Å². The number of ether oxygens (including phenoxy) is 2. The summed E-state index contributed by atoms with van der Waals surface area (Å²) in [5, 5.41) is 3.23. The fourth-order valence-corrected chi connectivity index (χ4v) is 2.41. The number of carbonyl (C=O) groups is 2. The van der Waals surface area contributed by atoms with Crippen LogP contribution in [0.4, 0.5) is 0 Å². The maximum Gasteiger partial charge on any atom is 0.307 e. The van der Waals surface area contributed by atoms with Crippen molar-refractivity contribution in [1.29, 1.82) is 0 Å². The average molecular weight is 292 g/mol. The zero-order valence-corrected chi connectivity index (χ0v) is 12.5. The van der Waals surface area contributed by atoms with Gasteiger partial charge in [0, 0.05) is 6.54 Å². The maximum atomic E-state index is 12.2. The number of nitrogens with one attached hydrogen (secondary N) is 1. The van der Waals surface area contributed by atoms with Crippen molar-refractivity contribution >= 4 is 11.9 Å². The van der Waals surface area contributed by atoms with E-state index < -0.39 is 0 Å². The summed E-state index contributed by atoms with van der Waals surface area (Å²) in [6, 6.07) is 7.26. The van der Waals surface area contributed by atoms with E-state index in [1.165, 1.54) is 7.11 Å². The Morgan fingerprint density at radius 1 is 1.38 bits per heavy atom. The molecule has 2 rings (SSSR count). The van der Waals surface area contributed by atoms with Crippen molar-refractivity contribution in [3.8, 4) is 5.75 Å². The van der Waals surface area contributed by atoms with Crippen LogP contribution in [0.3, 0.4) is 0 Å². The normalized spacial score (nSPS) is 21.5. The molecule has 0 aromatic heterocycles. The van der Waals surface area contributed by atoms with Gasteiger partial charge in [-0.25, -0.2) is 0 Å². The van der Waals surface area contributed by atoms with Crippen molar-refractivity contribution in [3.63, 3.8) is 0 Å². The SMILES string of the molecule is COC(=O)CCN1C(=O)C(C)NC1c1cccc(OC)c1. The first-order valence-electron chi connectivity index (χ1n) is 6.84. The van der Waals surface area contributed by atoms with Crippen molar-refractivity contribution in [1.82, 2.24) is 10.2 Å². The van der Waals surface area contributed by atoms with Crippen LogP contribution in [0.1, 0.15) is 25.1 Å². The molecule has 2 unspecified atom stereocenters. The highest BCUT2D eigenvalue weighted by Crippen LogP contribution is 2.27. The van der Waals surface area contributed by atoms with Crippen LogP contribution in [0.2, 0.25) is 0 Å². The summed E-state index contributed by atoms with van der Waals surface area (Å²) < 4.78 is 9.85. The van der Waals surface area contributed by atoms with Crippen molar-refractivity contribution in [2.75, 3.05) is 20.8 Å². The van der Waals surface area contributed by atoms with Gasteiger partial charge in [-0.1, -0.05) is 12.1 Å². The van der Waals surface area contributed by atoms with Crippen LogP contribution in [-0.4, -0.2) is 43.6 Å². The summed E-state index contributed by atoms with van der Waals surface area (Å²) in [4.78, 5) is 25.2. The third-order valence-electron chi connectivity index (χ3n) is 3.57. The minimum Gasteiger partial charge on any atom is -0.497 e. The number of nitrogens with zero attached hydrogens (tertiary/aromatic N) is 1. The van der Waals surface area contributed by atoms with Crippen molar-refractivity contribution in [2.24, 2.45) is 0 Å². The number of amides is 1. The largest absolute Gasteiger partial charge is 0.497 e. The quantitative estimate of drug-likeness (QED) is 0.822. The summed E-state index contributed by atoms with van der Waals surface area (Å²) in [5.41, 5.74) is 0.928. The molecule has 1 aromatic rings. The Morgan fingerprint density at radius 2 is 2.14 bits per heavy atom. The first-order valence-corrected chi connectivity index (χ1v) is 6.84. The van der Waals surface area contributed by atoms with Gasteiger partial charge >= 0.3 is 5.97 Å². The molecular formula is C15H20N2O4. The van der Waals surface area contributed by atoms with E-state index >= 15 is 0 Å². The topological polar surface area (TPSA) is 67.9 Å². The molecule has 0 radical (unpaired) electrons. The molecule has 1 aromatic carbocycles. The number of methoxy groups -OCH3 is 2.